The second-order valence-corrected chi connectivity index (χ2v) is 3.27. The molecule has 1 heterocycles. The van der Waals surface area contributed by atoms with Gasteiger partial charge in [0.15, 0.2) is 0 Å². The molecule has 0 spiro atoms. The number of hydrogen-bond acceptors (Lipinski definition) is 2. The average molecular weight is 185 g/mol. The lowest BCUT2D eigenvalue weighted by Gasteiger charge is -2.10. The molecular weight excluding hydrogens is 172 g/mol. The summed E-state index contributed by atoms with van der Waals surface area (Å²) in [6.07, 6.45) is 2.62. The molecule has 0 radical (unpaired) electrons. The summed E-state index contributed by atoms with van der Waals surface area (Å²) in [5.41, 5.74) is 7.88. The third kappa shape index (κ3) is 1.96. The fourth-order valence-electron chi connectivity index (χ4n) is 1.06. The van der Waals surface area contributed by atoms with E-state index in [1.165, 1.54) is 0 Å². The summed E-state index contributed by atoms with van der Waals surface area (Å²) in [4.78, 5) is 4.03. The first-order valence-corrected chi connectivity index (χ1v) is 4.40. The first-order chi connectivity index (χ1) is 5.65. The van der Waals surface area contributed by atoms with Crippen molar-refractivity contribution in [1.82, 2.24) is 4.98 Å². The van der Waals surface area contributed by atoms with Crippen LogP contribution in [0.1, 0.15) is 30.5 Å². The Morgan fingerprint density at radius 1 is 1.67 bits per heavy atom. The van der Waals surface area contributed by atoms with Crippen molar-refractivity contribution in [3.05, 3.63) is 28.5 Å². The van der Waals surface area contributed by atoms with Crippen LogP contribution in [0.5, 0.6) is 0 Å². The van der Waals surface area contributed by atoms with E-state index in [4.69, 9.17) is 17.3 Å². The Kier molecular flexibility index (Phi) is 3.06. The molecule has 0 fully saturated rings. The molecule has 0 aliphatic carbocycles. The van der Waals surface area contributed by atoms with E-state index in [9.17, 15) is 0 Å². The highest BCUT2D eigenvalue weighted by molar-refractivity contribution is 6.30. The molecule has 0 aliphatic rings. The first-order valence-electron chi connectivity index (χ1n) is 4.02. The van der Waals surface area contributed by atoms with Crippen LogP contribution >= 0.6 is 11.6 Å². The van der Waals surface area contributed by atoms with Crippen LogP contribution in [0.25, 0.3) is 0 Å². The number of aryl methyl sites for hydroxylation is 1. The van der Waals surface area contributed by atoms with Crippen LogP contribution in [0, 0.1) is 6.92 Å². The van der Waals surface area contributed by atoms with Crippen molar-refractivity contribution >= 4 is 11.6 Å². The van der Waals surface area contributed by atoms with E-state index in [1.54, 1.807) is 6.20 Å². The molecule has 0 bridgehead atoms. The SMILES string of the molecule is CCC(N)c1cc(C)cnc1Cl. The molecule has 66 valence electrons. The molecule has 0 aliphatic heterocycles. The van der Waals surface area contributed by atoms with Gasteiger partial charge in [0.1, 0.15) is 5.15 Å². The van der Waals surface area contributed by atoms with Gasteiger partial charge in [0.25, 0.3) is 0 Å². The third-order valence-electron chi connectivity index (χ3n) is 1.84. The maximum absolute atomic E-state index is 5.88. The molecule has 1 aromatic heterocycles. The molecule has 2 nitrogen and oxygen atoms in total. The largest absolute Gasteiger partial charge is 0.324 e. The van der Waals surface area contributed by atoms with Crippen LogP contribution in [0.4, 0.5) is 0 Å². The highest BCUT2D eigenvalue weighted by atomic mass is 35.5. The first kappa shape index (κ1) is 9.49. The maximum atomic E-state index is 5.88. The van der Waals surface area contributed by atoms with E-state index < -0.39 is 0 Å². The minimum Gasteiger partial charge on any atom is -0.324 e. The van der Waals surface area contributed by atoms with E-state index in [-0.39, 0.29) is 6.04 Å². The van der Waals surface area contributed by atoms with Crippen molar-refractivity contribution in [2.75, 3.05) is 0 Å². The maximum Gasteiger partial charge on any atom is 0.133 e. The molecule has 1 aromatic rings. The summed E-state index contributed by atoms with van der Waals surface area (Å²) in [6.45, 7) is 4.01. The smallest absolute Gasteiger partial charge is 0.133 e. The van der Waals surface area contributed by atoms with Crippen LogP contribution in [0.2, 0.25) is 5.15 Å². The predicted octanol–water partition coefficient (Wildman–Crippen LogP) is 2.45. The molecular formula is C9H13ClN2. The molecule has 0 aromatic carbocycles. The van der Waals surface area contributed by atoms with Gasteiger partial charge in [-0.15, -0.1) is 0 Å². The zero-order valence-corrected chi connectivity index (χ0v) is 8.10. The van der Waals surface area contributed by atoms with Gasteiger partial charge in [-0.25, -0.2) is 4.98 Å². The lowest BCUT2D eigenvalue weighted by Crippen LogP contribution is -2.10. The summed E-state index contributed by atoms with van der Waals surface area (Å²) in [6, 6.07) is 1.99. The molecule has 2 N–H and O–H groups in total. The van der Waals surface area contributed by atoms with Gasteiger partial charge < -0.3 is 5.73 Å². The Morgan fingerprint density at radius 2 is 2.33 bits per heavy atom. The summed E-state index contributed by atoms with van der Waals surface area (Å²) >= 11 is 5.88. The van der Waals surface area contributed by atoms with Crippen molar-refractivity contribution in [2.45, 2.75) is 26.3 Å². The number of hydrogen-bond donors (Lipinski definition) is 1. The molecule has 0 amide bonds. The fourth-order valence-corrected chi connectivity index (χ4v) is 1.30. The van der Waals surface area contributed by atoms with E-state index in [2.05, 4.69) is 4.98 Å². The quantitative estimate of drug-likeness (QED) is 0.718. The number of pyridine rings is 1. The number of nitrogens with two attached hydrogens (primary N) is 1. The van der Waals surface area contributed by atoms with Gasteiger partial charge in [0.05, 0.1) is 0 Å². The third-order valence-corrected chi connectivity index (χ3v) is 2.16. The van der Waals surface area contributed by atoms with Gasteiger partial charge >= 0.3 is 0 Å². The fraction of sp³-hybridized carbons (Fsp3) is 0.444. The molecule has 12 heavy (non-hydrogen) atoms. The van der Waals surface area contributed by atoms with Crippen molar-refractivity contribution in [3.63, 3.8) is 0 Å². The molecule has 1 atom stereocenters. The molecule has 0 saturated heterocycles. The van der Waals surface area contributed by atoms with Gasteiger partial charge in [0, 0.05) is 17.8 Å². The molecule has 3 heteroatoms. The van der Waals surface area contributed by atoms with Gasteiger partial charge in [-0.3, -0.25) is 0 Å². The summed E-state index contributed by atoms with van der Waals surface area (Å²) < 4.78 is 0. The lowest BCUT2D eigenvalue weighted by atomic mass is 10.1. The second-order valence-electron chi connectivity index (χ2n) is 2.91. The highest BCUT2D eigenvalue weighted by Gasteiger charge is 2.08. The molecule has 0 saturated carbocycles. The van der Waals surface area contributed by atoms with Crippen molar-refractivity contribution in [3.8, 4) is 0 Å². The Balaban J connectivity index is 3.04. The number of rotatable bonds is 2. The van der Waals surface area contributed by atoms with Crippen LogP contribution in [0.15, 0.2) is 12.3 Å². The summed E-state index contributed by atoms with van der Waals surface area (Å²) in [5, 5.41) is 0.523. The molecule has 1 unspecified atom stereocenters. The summed E-state index contributed by atoms with van der Waals surface area (Å²) in [7, 11) is 0. The van der Waals surface area contributed by atoms with Crippen LogP contribution < -0.4 is 5.73 Å². The number of aromatic nitrogens is 1. The number of halogens is 1. The summed E-state index contributed by atoms with van der Waals surface area (Å²) in [5.74, 6) is 0. The highest BCUT2D eigenvalue weighted by Crippen LogP contribution is 2.21. The Labute approximate surface area is 77.8 Å². The average Bonchev–Trinajstić information content (AvgIpc) is 2.08. The zero-order valence-electron chi connectivity index (χ0n) is 7.34. The van der Waals surface area contributed by atoms with Crippen molar-refractivity contribution < 1.29 is 0 Å². The second kappa shape index (κ2) is 3.87. The van der Waals surface area contributed by atoms with Crippen molar-refractivity contribution in [2.24, 2.45) is 5.73 Å². The zero-order chi connectivity index (χ0) is 9.14. The monoisotopic (exact) mass is 184 g/mol. The Morgan fingerprint density at radius 3 is 2.92 bits per heavy atom. The van der Waals surface area contributed by atoms with Crippen LogP contribution in [0.3, 0.4) is 0 Å². The van der Waals surface area contributed by atoms with Gasteiger partial charge in [-0.1, -0.05) is 18.5 Å². The van der Waals surface area contributed by atoms with Crippen molar-refractivity contribution in [1.29, 1.82) is 0 Å². The minimum absolute atomic E-state index is 0.00454. The Bertz CT molecular complexity index is 273. The van der Waals surface area contributed by atoms with Crippen LogP contribution in [-0.4, -0.2) is 4.98 Å². The Hall–Kier alpha value is -0.600. The van der Waals surface area contributed by atoms with Gasteiger partial charge in [0.2, 0.25) is 0 Å². The van der Waals surface area contributed by atoms with Crippen LogP contribution in [-0.2, 0) is 0 Å². The van der Waals surface area contributed by atoms with Gasteiger partial charge in [-0.05, 0) is 25.0 Å². The molecule has 1 rings (SSSR count). The number of nitrogens with zero attached hydrogens (tertiary/aromatic N) is 1. The van der Waals surface area contributed by atoms with E-state index in [1.807, 2.05) is 19.9 Å². The van der Waals surface area contributed by atoms with E-state index in [0.717, 1.165) is 17.5 Å². The lowest BCUT2D eigenvalue weighted by molar-refractivity contribution is 0.694. The normalized spacial score (nSPS) is 13.0. The van der Waals surface area contributed by atoms with E-state index in [0.29, 0.717) is 5.15 Å². The van der Waals surface area contributed by atoms with Gasteiger partial charge in [-0.2, -0.15) is 0 Å². The van der Waals surface area contributed by atoms with E-state index >= 15 is 0 Å². The topological polar surface area (TPSA) is 38.9 Å². The standard InChI is InChI=1S/C9H13ClN2/c1-3-8(11)7-4-6(2)5-12-9(7)10/h4-5,8H,3,11H2,1-2H3. The minimum atomic E-state index is 0.00454. The predicted molar refractivity (Wildman–Crippen MR) is 51.2 cm³/mol.